The Balaban J connectivity index is 0.00000180. The smallest absolute Gasteiger partial charge is 0.119 e. The van der Waals surface area contributed by atoms with Crippen LogP contribution in [0.15, 0.2) is 24.3 Å². The number of hydrogen-bond donors (Lipinski definition) is 1. The summed E-state index contributed by atoms with van der Waals surface area (Å²) in [5, 5.41) is 3.27. The number of halogens is 1. The Kier molecular flexibility index (Phi) is 7.21. The first-order chi connectivity index (χ1) is 8.81. The van der Waals surface area contributed by atoms with E-state index in [1.165, 1.54) is 25.1 Å². The molecule has 4 heteroatoms. The van der Waals surface area contributed by atoms with Crippen LogP contribution in [0.3, 0.4) is 0 Å². The molecule has 0 amide bonds. The van der Waals surface area contributed by atoms with Gasteiger partial charge in [-0.3, -0.25) is 4.90 Å². The maximum Gasteiger partial charge on any atom is 0.119 e. The summed E-state index contributed by atoms with van der Waals surface area (Å²) in [5.41, 5.74) is 1.38. The molecular weight excluding hydrogens is 260 g/mol. The van der Waals surface area contributed by atoms with Crippen LogP contribution in [0.2, 0.25) is 0 Å². The Morgan fingerprint density at radius 3 is 2.68 bits per heavy atom. The lowest BCUT2D eigenvalue weighted by atomic mass is 10.1. The number of likely N-dealkylation sites (tertiary alicyclic amines) is 1. The van der Waals surface area contributed by atoms with Crippen LogP contribution in [0.1, 0.15) is 18.9 Å². The molecule has 1 saturated heterocycles. The van der Waals surface area contributed by atoms with Gasteiger partial charge in [0.15, 0.2) is 0 Å². The highest BCUT2D eigenvalue weighted by Gasteiger charge is 2.21. The molecule has 0 radical (unpaired) electrons. The van der Waals surface area contributed by atoms with Crippen molar-refractivity contribution >= 4 is 12.4 Å². The summed E-state index contributed by atoms with van der Waals surface area (Å²) >= 11 is 0. The highest BCUT2D eigenvalue weighted by Crippen LogP contribution is 2.19. The van der Waals surface area contributed by atoms with Crippen molar-refractivity contribution in [3.05, 3.63) is 29.8 Å². The van der Waals surface area contributed by atoms with E-state index in [2.05, 4.69) is 34.5 Å². The first-order valence-electron chi connectivity index (χ1n) is 6.90. The minimum Gasteiger partial charge on any atom is -0.494 e. The van der Waals surface area contributed by atoms with Gasteiger partial charge in [0.05, 0.1) is 6.61 Å². The van der Waals surface area contributed by atoms with E-state index in [0.29, 0.717) is 0 Å². The minimum absolute atomic E-state index is 0. The third kappa shape index (κ3) is 5.01. The van der Waals surface area contributed by atoms with Crippen LogP contribution in [-0.4, -0.2) is 38.2 Å². The molecule has 0 aliphatic carbocycles. The summed E-state index contributed by atoms with van der Waals surface area (Å²) in [7, 11) is 2.04. The molecule has 3 nitrogen and oxygen atoms in total. The molecule has 1 heterocycles. The van der Waals surface area contributed by atoms with Gasteiger partial charge in [-0.1, -0.05) is 12.1 Å². The van der Waals surface area contributed by atoms with Crippen molar-refractivity contribution in [1.29, 1.82) is 0 Å². The number of ether oxygens (including phenoxy) is 1. The van der Waals surface area contributed by atoms with Gasteiger partial charge in [0, 0.05) is 13.1 Å². The molecule has 1 unspecified atom stereocenters. The van der Waals surface area contributed by atoms with Crippen LogP contribution < -0.4 is 10.1 Å². The molecule has 1 aromatic rings. The predicted octanol–water partition coefficient (Wildman–Crippen LogP) is 2.55. The maximum atomic E-state index is 5.46. The van der Waals surface area contributed by atoms with Gasteiger partial charge in [-0.05, 0) is 57.1 Å². The second kappa shape index (κ2) is 8.41. The first kappa shape index (κ1) is 16.3. The van der Waals surface area contributed by atoms with E-state index in [0.717, 1.165) is 31.4 Å². The second-order valence-electron chi connectivity index (χ2n) is 5.02. The minimum atomic E-state index is 0. The predicted molar refractivity (Wildman–Crippen MR) is 82.2 cm³/mol. The van der Waals surface area contributed by atoms with E-state index in [-0.39, 0.29) is 12.4 Å². The average molecular weight is 285 g/mol. The molecule has 1 N–H and O–H groups in total. The van der Waals surface area contributed by atoms with Crippen LogP contribution in [0.25, 0.3) is 0 Å². The van der Waals surface area contributed by atoms with Crippen molar-refractivity contribution in [3.8, 4) is 5.75 Å². The monoisotopic (exact) mass is 284 g/mol. The average Bonchev–Trinajstić information content (AvgIpc) is 2.80. The molecule has 0 bridgehead atoms. The maximum absolute atomic E-state index is 5.46. The Bertz CT molecular complexity index is 356. The van der Waals surface area contributed by atoms with Crippen molar-refractivity contribution in [1.82, 2.24) is 10.2 Å². The summed E-state index contributed by atoms with van der Waals surface area (Å²) in [5.74, 6) is 1.79. The number of rotatable bonds is 6. The summed E-state index contributed by atoms with van der Waals surface area (Å²) in [6.45, 7) is 7.39. The molecule has 1 aliphatic heterocycles. The molecule has 0 saturated carbocycles. The standard InChI is InChI=1S/C15H24N2O.ClH/c1-3-18-15-6-4-13(5-7-15)11-17-9-8-14(12-17)10-16-2;/h4-7,14,16H,3,8-12H2,1-2H3;1H. The fourth-order valence-corrected chi connectivity index (χ4v) is 2.63. The number of nitrogens with one attached hydrogen (secondary N) is 1. The molecular formula is C15H25ClN2O. The fourth-order valence-electron chi connectivity index (χ4n) is 2.63. The van der Waals surface area contributed by atoms with Crippen molar-refractivity contribution in [2.75, 3.05) is 33.3 Å². The summed E-state index contributed by atoms with van der Waals surface area (Å²) in [6, 6.07) is 8.49. The molecule has 1 fully saturated rings. The van der Waals surface area contributed by atoms with Crippen LogP contribution in [-0.2, 0) is 6.54 Å². The molecule has 0 spiro atoms. The van der Waals surface area contributed by atoms with Gasteiger partial charge in [0.25, 0.3) is 0 Å². The number of benzene rings is 1. The fraction of sp³-hybridized carbons (Fsp3) is 0.600. The Morgan fingerprint density at radius 2 is 2.05 bits per heavy atom. The summed E-state index contributed by atoms with van der Waals surface area (Å²) < 4.78 is 5.46. The zero-order valence-electron chi connectivity index (χ0n) is 11.9. The largest absolute Gasteiger partial charge is 0.494 e. The molecule has 19 heavy (non-hydrogen) atoms. The third-order valence-electron chi connectivity index (χ3n) is 3.50. The van der Waals surface area contributed by atoms with Crippen molar-refractivity contribution in [2.45, 2.75) is 19.9 Å². The Labute approximate surface area is 122 Å². The quantitative estimate of drug-likeness (QED) is 0.869. The Hall–Kier alpha value is -0.770. The Morgan fingerprint density at radius 1 is 1.32 bits per heavy atom. The highest BCUT2D eigenvalue weighted by molar-refractivity contribution is 5.85. The zero-order chi connectivity index (χ0) is 12.8. The molecule has 1 atom stereocenters. The van der Waals surface area contributed by atoms with E-state index >= 15 is 0 Å². The van der Waals surface area contributed by atoms with Crippen LogP contribution in [0, 0.1) is 5.92 Å². The van der Waals surface area contributed by atoms with Gasteiger partial charge in [0.2, 0.25) is 0 Å². The molecule has 2 rings (SSSR count). The lowest BCUT2D eigenvalue weighted by molar-refractivity contribution is 0.314. The van der Waals surface area contributed by atoms with Gasteiger partial charge < -0.3 is 10.1 Å². The lowest BCUT2D eigenvalue weighted by Gasteiger charge is -2.16. The summed E-state index contributed by atoms with van der Waals surface area (Å²) in [6.07, 6.45) is 1.32. The third-order valence-corrected chi connectivity index (χ3v) is 3.50. The molecule has 1 aliphatic rings. The van der Waals surface area contributed by atoms with Crippen molar-refractivity contribution < 1.29 is 4.74 Å². The molecule has 0 aromatic heterocycles. The van der Waals surface area contributed by atoms with E-state index in [9.17, 15) is 0 Å². The van der Waals surface area contributed by atoms with Gasteiger partial charge in [-0.15, -0.1) is 12.4 Å². The van der Waals surface area contributed by atoms with E-state index < -0.39 is 0 Å². The molecule has 108 valence electrons. The topological polar surface area (TPSA) is 24.5 Å². The van der Waals surface area contributed by atoms with Crippen LogP contribution in [0.5, 0.6) is 5.75 Å². The zero-order valence-corrected chi connectivity index (χ0v) is 12.7. The van der Waals surface area contributed by atoms with Gasteiger partial charge >= 0.3 is 0 Å². The van der Waals surface area contributed by atoms with Crippen molar-refractivity contribution in [3.63, 3.8) is 0 Å². The van der Waals surface area contributed by atoms with E-state index in [1.807, 2.05) is 14.0 Å². The van der Waals surface area contributed by atoms with E-state index in [4.69, 9.17) is 4.74 Å². The van der Waals surface area contributed by atoms with E-state index in [1.54, 1.807) is 0 Å². The lowest BCUT2D eigenvalue weighted by Crippen LogP contribution is -2.24. The molecule has 1 aromatic carbocycles. The normalized spacial score (nSPS) is 19.2. The van der Waals surface area contributed by atoms with Crippen LogP contribution >= 0.6 is 12.4 Å². The first-order valence-corrected chi connectivity index (χ1v) is 6.90. The van der Waals surface area contributed by atoms with Gasteiger partial charge in [-0.2, -0.15) is 0 Å². The van der Waals surface area contributed by atoms with Crippen molar-refractivity contribution in [2.24, 2.45) is 5.92 Å². The number of hydrogen-bond acceptors (Lipinski definition) is 3. The van der Waals surface area contributed by atoms with Gasteiger partial charge in [-0.25, -0.2) is 0 Å². The van der Waals surface area contributed by atoms with Crippen LogP contribution in [0.4, 0.5) is 0 Å². The van der Waals surface area contributed by atoms with Gasteiger partial charge in [0.1, 0.15) is 5.75 Å². The summed E-state index contributed by atoms with van der Waals surface area (Å²) in [4.78, 5) is 2.54. The highest BCUT2D eigenvalue weighted by atomic mass is 35.5. The SMILES string of the molecule is CCOc1ccc(CN2CCC(CNC)C2)cc1.Cl. The second-order valence-corrected chi connectivity index (χ2v) is 5.02. The number of nitrogens with zero attached hydrogens (tertiary/aromatic N) is 1.